The predicted molar refractivity (Wildman–Crippen MR) is 76.0 cm³/mol. The molecule has 4 atom stereocenters. The third-order valence-corrected chi connectivity index (χ3v) is 4.69. The standard InChI is InChI=1S/C16H14F7NO3/c17-11-4-8(15(18,19)20)1-2-12(11)26-9-3-7-6-24-13(10(7)5-9)27-14(25)16(21,22)23/h1-2,4,7,9-10,13,24H,3,5-6H2/t7-,9?,10-,13?/m0/s1. The summed E-state index contributed by atoms with van der Waals surface area (Å²) in [6.07, 6.45) is -11.0. The van der Waals surface area contributed by atoms with Crippen molar-refractivity contribution in [3.05, 3.63) is 29.6 Å². The second kappa shape index (κ2) is 6.84. The molecule has 0 bridgehead atoms. The largest absolute Gasteiger partial charge is 0.490 e. The zero-order valence-electron chi connectivity index (χ0n) is 13.5. The lowest BCUT2D eigenvalue weighted by Gasteiger charge is -2.21. The number of esters is 1. The summed E-state index contributed by atoms with van der Waals surface area (Å²) in [5, 5.41) is 2.68. The van der Waals surface area contributed by atoms with Crippen LogP contribution in [0.4, 0.5) is 30.7 Å². The summed E-state index contributed by atoms with van der Waals surface area (Å²) < 4.78 is 98.3. The number of carbonyl (C=O) groups is 1. The molecule has 2 unspecified atom stereocenters. The van der Waals surface area contributed by atoms with Gasteiger partial charge in [-0.2, -0.15) is 26.3 Å². The number of ether oxygens (including phenoxy) is 2. The highest BCUT2D eigenvalue weighted by Gasteiger charge is 2.49. The third kappa shape index (κ3) is 4.28. The van der Waals surface area contributed by atoms with Crippen molar-refractivity contribution in [2.45, 2.75) is 37.5 Å². The lowest BCUT2D eigenvalue weighted by atomic mass is 9.99. The highest BCUT2D eigenvalue weighted by atomic mass is 19.4. The van der Waals surface area contributed by atoms with E-state index in [0.29, 0.717) is 18.6 Å². The Morgan fingerprint density at radius 3 is 2.41 bits per heavy atom. The molecular formula is C16H14F7NO3. The molecule has 1 N–H and O–H groups in total. The fourth-order valence-corrected chi connectivity index (χ4v) is 3.49. The molecule has 0 aromatic heterocycles. The topological polar surface area (TPSA) is 47.6 Å². The minimum Gasteiger partial charge on any atom is -0.487 e. The van der Waals surface area contributed by atoms with Crippen LogP contribution >= 0.6 is 0 Å². The predicted octanol–water partition coefficient (Wildman–Crippen LogP) is 3.65. The first-order chi connectivity index (χ1) is 12.4. The Morgan fingerprint density at radius 2 is 1.81 bits per heavy atom. The van der Waals surface area contributed by atoms with E-state index >= 15 is 0 Å². The van der Waals surface area contributed by atoms with E-state index in [2.05, 4.69) is 10.1 Å². The summed E-state index contributed by atoms with van der Waals surface area (Å²) >= 11 is 0. The molecule has 3 rings (SSSR count). The van der Waals surface area contributed by atoms with E-state index in [0.717, 1.165) is 6.07 Å². The molecule has 0 radical (unpaired) electrons. The Labute approximate surface area is 148 Å². The number of hydrogen-bond donors (Lipinski definition) is 1. The number of alkyl halides is 6. The van der Waals surface area contributed by atoms with Gasteiger partial charge in [0, 0.05) is 12.5 Å². The summed E-state index contributed by atoms with van der Waals surface area (Å²) in [6, 6.07) is 1.87. The van der Waals surface area contributed by atoms with E-state index in [1.54, 1.807) is 0 Å². The first kappa shape index (κ1) is 19.7. The van der Waals surface area contributed by atoms with Crippen LogP contribution in [0.3, 0.4) is 0 Å². The van der Waals surface area contributed by atoms with Crippen molar-refractivity contribution in [1.29, 1.82) is 0 Å². The van der Waals surface area contributed by atoms with Crippen LogP contribution in [0.15, 0.2) is 18.2 Å². The van der Waals surface area contributed by atoms with Gasteiger partial charge in [0.1, 0.15) is 0 Å². The number of rotatable bonds is 3. The molecule has 1 saturated carbocycles. The monoisotopic (exact) mass is 401 g/mol. The Bertz CT molecular complexity index is 719. The lowest BCUT2D eigenvalue weighted by molar-refractivity contribution is -0.207. The van der Waals surface area contributed by atoms with Gasteiger partial charge in [-0.3, -0.25) is 5.32 Å². The molecule has 0 spiro atoms. The Hall–Kier alpha value is -2.04. The van der Waals surface area contributed by atoms with Crippen molar-refractivity contribution in [3.8, 4) is 5.75 Å². The quantitative estimate of drug-likeness (QED) is 0.621. The number of fused-ring (bicyclic) bond motifs is 1. The van der Waals surface area contributed by atoms with Crippen molar-refractivity contribution in [3.63, 3.8) is 0 Å². The van der Waals surface area contributed by atoms with Crippen molar-refractivity contribution < 1.29 is 45.0 Å². The molecule has 27 heavy (non-hydrogen) atoms. The zero-order chi connectivity index (χ0) is 20.0. The van der Waals surface area contributed by atoms with E-state index in [1.807, 2.05) is 0 Å². The summed E-state index contributed by atoms with van der Waals surface area (Å²) in [5.74, 6) is -4.47. The van der Waals surface area contributed by atoms with E-state index in [9.17, 15) is 35.5 Å². The molecule has 4 nitrogen and oxygen atoms in total. The molecule has 1 aliphatic heterocycles. The van der Waals surface area contributed by atoms with Gasteiger partial charge in [0.2, 0.25) is 0 Å². The minimum absolute atomic E-state index is 0.154. The fraction of sp³-hybridized carbons (Fsp3) is 0.562. The van der Waals surface area contributed by atoms with E-state index in [-0.39, 0.29) is 24.6 Å². The van der Waals surface area contributed by atoms with Crippen molar-refractivity contribution in [2.75, 3.05) is 6.54 Å². The summed E-state index contributed by atoms with van der Waals surface area (Å²) in [5.41, 5.74) is -1.15. The molecule has 11 heteroatoms. The summed E-state index contributed by atoms with van der Waals surface area (Å²) in [6.45, 7) is 0.288. The summed E-state index contributed by atoms with van der Waals surface area (Å²) in [4.78, 5) is 11.0. The van der Waals surface area contributed by atoms with Gasteiger partial charge in [-0.1, -0.05) is 0 Å². The van der Waals surface area contributed by atoms with Gasteiger partial charge < -0.3 is 9.47 Å². The van der Waals surface area contributed by atoms with Gasteiger partial charge in [0.05, 0.1) is 11.7 Å². The van der Waals surface area contributed by atoms with E-state index in [4.69, 9.17) is 4.74 Å². The average Bonchev–Trinajstić information content (AvgIpc) is 3.09. The summed E-state index contributed by atoms with van der Waals surface area (Å²) in [7, 11) is 0. The number of nitrogens with one attached hydrogen (secondary N) is 1. The van der Waals surface area contributed by atoms with Crippen LogP contribution in [0, 0.1) is 17.7 Å². The van der Waals surface area contributed by atoms with Gasteiger partial charge in [0.25, 0.3) is 0 Å². The Kier molecular flexibility index (Phi) is 5.00. The SMILES string of the molecule is O=C(OC1NC[C@@H]2CC(Oc3ccc(C(F)(F)F)cc3F)C[C@H]12)C(F)(F)F. The molecule has 0 amide bonds. The van der Waals surface area contributed by atoms with E-state index < -0.39 is 48.0 Å². The van der Waals surface area contributed by atoms with Crippen molar-refractivity contribution in [1.82, 2.24) is 5.32 Å². The van der Waals surface area contributed by atoms with Gasteiger partial charge in [-0.25, -0.2) is 9.18 Å². The number of benzene rings is 1. The minimum atomic E-state index is -5.11. The molecule has 2 fully saturated rings. The van der Waals surface area contributed by atoms with Crippen LogP contribution in [0.1, 0.15) is 18.4 Å². The molecule has 1 heterocycles. The molecule has 1 aliphatic carbocycles. The normalized spacial score (nSPS) is 28.1. The second-order valence-electron chi connectivity index (χ2n) is 6.51. The van der Waals surface area contributed by atoms with Gasteiger partial charge in [0.15, 0.2) is 17.8 Å². The number of halogens is 7. The van der Waals surface area contributed by atoms with Gasteiger partial charge in [-0.05, 0) is 37.0 Å². The van der Waals surface area contributed by atoms with Crippen LogP contribution in [0.2, 0.25) is 0 Å². The average molecular weight is 401 g/mol. The fourth-order valence-electron chi connectivity index (χ4n) is 3.49. The molecule has 150 valence electrons. The van der Waals surface area contributed by atoms with Crippen LogP contribution in [0.5, 0.6) is 5.75 Å². The van der Waals surface area contributed by atoms with Crippen molar-refractivity contribution in [2.24, 2.45) is 11.8 Å². The van der Waals surface area contributed by atoms with Crippen LogP contribution in [0.25, 0.3) is 0 Å². The maximum atomic E-state index is 13.9. The Balaban J connectivity index is 1.63. The zero-order valence-corrected chi connectivity index (χ0v) is 13.5. The lowest BCUT2D eigenvalue weighted by Crippen LogP contribution is -2.38. The maximum Gasteiger partial charge on any atom is 0.490 e. The van der Waals surface area contributed by atoms with E-state index in [1.165, 1.54) is 0 Å². The number of hydrogen-bond acceptors (Lipinski definition) is 4. The molecule has 1 aromatic rings. The van der Waals surface area contributed by atoms with Crippen LogP contribution in [-0.2, 0) is 15.7 Å². The molecule has 1 aromatic carbocycles. The first-order valence-electron chi connectivity index (χ1n) is 7.99. The molecule has 1 saturated heterocycles. The van der Waals surface area contributed by atoms with Crippen LogP contribution in [-0.4, -0.2) is 31.0 Å². The van der Waals surface area contributed by atoms with Gasteiger partial charge >= 0.3 is 18.3 Å². The van der Waals surface area contributed by atoms with Crippen LogP contribution < -0.4 is 10.1 Å². The van der Waals surface area contributed by atoms with Gasteiger partial charge in [-0.15, -0.1) is 0 Å². The number of carbonyl (C=O) groups excluding carboxylic acids is 1. The smallest absolute Gasteiger partial charge is 0.487 e. The molecular weight excluding hydrogens is 387 g/mol. The maximum absolute atomic E-state index is 13.9. The highest BCUT2D eigenvalue weighted by molar-refractivity contribution is 5.75. The highest BCUT2D eigenvalue weighted by Crippen LogP contribution is 2.41. The third-order valence-electron chi connectivity index (χ3n) is 4.69. The Morgan fingerprint density at radius 1 is 1.11 bits per heavy atom. The molecule has 2 aliphatic rings. The first-order valence-corrected chi connectivity index (χ1v) is 7.99. The van der Waals surface area contributed by atoms with Crippen molar-refractivity contribution >= 4 is 5.97 Å². The second-order valence-corrected chi connectivity index (χ2v) is 6.51.